The molecule has 17 heavy (non-hydrogen) atoms. The van der Waals surface area contributed by atoms with Crippen molar-refractivity contribution in [2.24, 2.45) is 0 Å². The van der Waals surface area contributed by atoms with E-state index in [4.69, 9.17) is 5.11 Å². The topological polar surface area (TPSA) is 66.4 Å². The highest BCUT2D eigenvalue weighted by atomic mass is 32.2. The molecule has 0 aromatic heterocycles. The second-order valence-corrected chi connectivity index (χ2v) is 6.74. The lowest BCUT2D eigenvalue weighted by molar-refractivity contribution is 0.282. The summed E-state index contributed by atoms with van der Waals surface area (Å²) in [5.41, 5.74) is 0.696. The summed E-state index contributed by atoms with van der Waals surface area (Å²) in [5, 5.41) is 9.11. The summed E-state index contributed by atoms with van der Waals surface area (Å²) in [7, 11) is -3.44. The number of hydrogen-bond acceptors (Lipinski definition) is 4. The molecule has 0 aliphatic rings. The summed E-state index contributed by atoms with van der Waals surface area (Å²) in [4.78, 5) is 0.225. The lowest BCUT2D eigenvalue weighted by Crippen LogP contribution is -2.29. The summed E-state index contributed by atoms with van der Waals surface area (Å²) in [6.07, 6.45) is 1.94. The van der Waals surface area contributed by atoms with Crippen LogP contribution in [0.1, 0.15) is 12.5 Å². The van der Waals surface area contributed by atoms with E-state index in [0.717, 1.165) is 0 Å². The van der Waals surface area contributed by atoms with Crippen LogP contribution >= 0.6 is 11.8 Å². The normalized spacial score (nSPS) is 13.6. The second kappa shape index (κ2) is 6.39. The second-order valence-electron chi connectivity index (χ2n) is 3.70. The fourth-order valence-electron chi connectivity index (χ4n) is 1.17. The molecule has 0 bridgehead atoms. The fourth-order valence-corrected chi connectivity index (χ4v) is 2.65. The molecule has 1 aromatic carbocycles. The van der Waals surface area contributed by atoms with Crippen LogP contribution in [-0.2, 0) is 16.6 Å². The Bertz CT molecular complexity index is 442. The standard InChI is InChI=1S/C11H17NO3S2/c1-9(16-2)7-12-17(14,15)11-5-3-10(8-13)4-6-11/h3-6,9,12-13H,7-8H2,1-2H3. The van der Waals surface area contributed by atoms with Crippen molar-refractivity contribution in [2.75, 3.05) is 12.8 Å². The molecule has 6 heteroatoms. The predicted molar refractivity (Wildman–Crippen MR) is 70.5 cm³/mol. The Morgan fingerprint density at radius 3 is 2.41 bits per heavy atom. The van der Waals surface area contributed by atoms with Gasteiger partial charge in [-0.2, -0.15) is 11.8 Å². The molecule has 0 aliphatic heterocycles. The molecule has 1 atom stereocenters. The first-order valence-corrected chi connectivity index (χ1v) is 7.99. The van der Waals surface area contributed by atoms with Gasteiger partial charge in [0.15, 0.2) is 0 Å². The molecule has 4 nitrogen and oxygen atoms in total. The highest BCUT2D eigenvalue weighted by molar-refractivity contribution is 7.99. The quantitative estimate of drug-likeness (QED) is 0.819. The average molecular weight is 275 g/mol. The van der Waals surface area contributed by atoms with E-state index in [2.05, 4.69) is 4.72 Å². The van der Waals surface area contributed by atoms with Crippen LogP contribution in [0.25, 0.3) is 0 Å². The van der Waals surface area contributed by atoms with Gasteiger partial charge in [0.2, 0.25) is 10.0 Å². The van der Waals surface area contributed by atoms with Crippen LogP contribution in [-0.4, -0.2) is 31.6 Å². The van der Waals surface area contributed by atoms with E-state index in [1.165, 1.54) is 12.1 Å². The molecule has 1 rings (SSSR count). The van der Waals surface area contributed by atoms with E-state index in [9.17, 15) is 8.42 Å². The van der Waals surface area contributed by atoms with E-state index in [1.807, 2.05) is 13.2 Å². The summed E-state index contributed by atoms with van der Waals surface area (Å²) >= 11 is 1.61. The number of rotatable bonds is 6. The number of thioether (sulfide) groups is 1. The smallest absolute Gasteiger partial charge is 0.240 e. The molecule has 0 spiro atoms. The van der Waals surface area contributed by atoms with Gasteiger partial charge in [-0.25, -0.2) is 13.1 Å². The summed E-state index contributed by atoms with van der Waals surface area (Å²) in [6.45, 7) is 2.28. The molecular weight excluding hydrogens is 258 g/mol. The molecule has 2 N–H and O–H groups in total. The van der Waals surface area contributed by atoms with Crippen molar-refractivity contribution in [1.82, 2.24) is 4.72 Å². The minimum absolute atomic E-state index is 0.0860. The molecular formula is C11H17NO3S2. The summed E-state index contributed by atoms with van der Waals surface area (Å²) < 4.78 is 26.3. The van der Waals surface area contributed by atoms with Crippen LogP contribution in [0, 0.1) is 0 Å². The van der Waals surface area contributed by atoms with Gasteiger partial charge in [-0.3, -0.25) is 0 Å². The minimum Gasteiger partial charge on any atom is -0.392 e. The molecule has 0 fully saturated rings. The first-order valence-electron chi connectivity index (χ1n) is 5.22. The zero-order chi connectivity index (χ0) is 12.9. The van der Waals surface area contributed by atoms with Crippen molar-refractivity contribution in [2.45, 2.75) is 23.7 Å². The number of nitrogens with one attached hydrogen (secondary N) is 1. The van der Waals surface area contributed by atoms with Crippen LogP contribution in [0.2, 0.25) is 0 Å². The summed E-state index contributed by atoms with van der Waals surface area (Å²) in [5.74, 6) is 0. The molecule has 0 radical (unpaired) electrons. The van der Waals surface area contributed by atoms with Gasteiger partial charge in [-0.05, 0) is 24.0 Å². The van der Waals surface area contributed by atoms with Crippen molar-refractivity contribution in [1.29, 1.82) is 0 Å². The molecule has 0 heterocycles. The Balaban J connectivity index is 2.75. The van der Waals surface area contributed by atoms with Crippen LogP contribution in [0.4, 0.5) is 0 Å². The molecule has 0 saturated heterocycles. The Labute approximate surface area is 106 Å². The third-order valence-corrected chi connectivity index (χ3v) is 4.79. The number of hydrogen-bond donors (Lipinski definition) is 2. The first kappa shape index (κ1) is 14.5. The third-order valence-electron chi connectivity index (χ3n) is 2.38. The monoisotopic (exact) mass is 275 g/mol. The Hall–Kier alpha value is -0.560. The highest BCUT2D eigenvalue weighted by Crippen LogP contribution is 2.11. The summed E-state index contributed by atoms with van der Waals surface area (Å²) in [6, 6.07) is 6.20. The van der Waals surface area contributed by atoms with Gasteiger partial charge in [0.05, 0.1) is 11.5 Å². The van der Waals surface area contributed by atoms with E-state index in [-0.39, 0.29) is 16.8 Å². The number of aliphatic hydroxyl groups excluding tert-OH is 1. The van der Waals surface area contributed by atoms with Crippen molar-refractivity contribution in [3.05, 3.63) is 29.8 Å². The maximum atomic E-state index is 11.9. The Morgan fingerprint density at radius 2 is 1.94 bits per heavy atom. The van der Waals surface area contributed by atoms with Crippen molar-refractivity contribution >= 4 is 21.8 Å². The zero-order valence-corrected chi connectivity index (χ0v) is 11.5. The van der Waals surface area contributed by atoms with Gasteiger partial charge in [-0.15, -0.1) is 0 Å². The molecule has 0 amide bonds. The minimum atomic E-state index is -3.44. The van der Waals surface area contributed by atoms with Crippen LogP contribution < -0.4 is 4.72 Å². The third kappa shape index (κ3) is 4.31. The van der Waals surface area contributed by atoms with E-state index >= 15 is 0 Å². The number of sulfonamides is 1. The fraction of sp³-hybridized carbons (Fsp3) is 0.455. The maximum Gasteiger partial charge on any atom is 0.240 e. The van der Waals surface area contributed by atoms with Crippen molar-refractivity contribution in [3.8, 4) is 0 Å². The number of benzene rings is 1. The largest absolute Gasteiger partial charge is 0.392 e. The lowest BCUT2D eigenvalue weighted by atomic mass is 10.2. The van der Waals surface area contributed by atoms with E-state index < -0.39 is 10.0 Å². The van der Waals surface area contributed by atoms with Crippen molar-refractivity contribution in [3.63, 3.8) is 0 Å². The number of aliphatic hydroxyl groups is 1. The Kier molecular flexibility index (Phi) is 5.45. The zero-order valence-electron chi connectivity index (χ0n) is 9.88. The molecule has 1 aromatic rings. The average Bonchev–Trinajstić information content (AvgIpc) is 2.36. The van der Waals surface area contributed by atoms with E-state index in [0.29, 0.717) is 12.1 Å². The van der Waals surface area contributed by atoms with Gasteiger partial charge in [0, 0.05) is 11.8 Å². The van der Waals surface area contributed by atoms with Gasteiger partial charge in [-0.1, -0.05) is 19.1 Å². The molecule has 96 valence electrons. The Morgan fingerprint density at radius 1 is 1.35 bits per heavy atom. The first-order chi connectivity index (χ1) is 7.99. The van der Waals surface area contributed by atoms with E-state index in [1.54, 1.807) is 23.9 Å². The SMILES string of the molecule is CSC(C)CNS(=O)(=O)c1ccc(CO)cc1. The van der Waals surface area contributed by atoms with Gasteiger partial charge < -0.3 is 5.11 Å². The van der Waals surface area contributed by atoms with Gasteiger partial charge in [0.1, 0.15) is 0 Å². The van der Waals surface area contributed by atoms with Crippen LogP contribution in [0.15, 0.2) is 29.2 Å². The highest BCUT2D eigenvalue weighted by Gasteiger charge is 2.14. The van der Waals surface area contributed by atoms with Crippen molar-refractivity contribution < 1.29 is 13.5 Å². The molecule has 1 unspecified atom stereocenters. The maximum absolute atomic E-state index is 11.9. The van der Waals surface area contributed by atoms with Gasteiger partial charge >= 0.3 is 0 Å². The lowest BCUT2D eigenvalue weighted by Gasteiger charge is -2.10. The van der Waals surface area contributed by atoms with Gasteiger partial charge in [0.25, 0.3) is 0 Å². The van der Waals surface area contributed by atoms with Crippen LogP contribution in [0.3, 0.4) is 0 Å². The molecule has 0 saturated carbocycles. The molecule has 0 aliphatic carbocycles. The predicted octanol–water partition coefficient (Wildman–Crippen LogP) is 1.21. The van der Waals surface area contributed by atoms with Crippen LogP contribution in [0.5, 0.6) is 0 Å².